The second-order valence-electron chi connectivity index (χ2n) is 1.41. The van der Waals surface area contributed by atoms with Crippen molar-refractivity contribution in [1.82, 2.24) is 0 Å². The second kappa shape index (κ2) is 1.72. The molecule has 0 saturated carbocycles. The third kappa shape index (κ3) is 0.760. The van der Waals surface area contributed by atoms with Crippen molar-refractivity contribution in [1.29, 1.82) is 0 Å². The predicted molar refractivity (Wildman–Crippen MR) is 30.6 cm³/mol. The van der Waals surface area contributed by atoms with Gasteiger partial charge in [0.15, 0.2) is 5.22 Å². The third-order valence-corrected chi connectivity index (χ3v) is 0.933. The normalized spacial score (nSPS) is 11.9. The average molecular weight is 91.1 g/mol. The molecule has 0 aliphatic carbocycles. The summed E-state index contributed by atoms with van der Waals surface area (Å²) >= 11 is 0. The minimum Gasteiger partial charge on any atom is -0.0103 e. The molecule has 0 saturated heterocycles. The molecule has 0 heterocycles. The quantitative estimate of drug-likeness (QED) is 0.418. The summed E-state index contributed by atoms with van der Waals surface area (Å²) < 4.78 is 0. The van der Waals surface area contributed by atoms with Crippen molar-refractivity contribution < 1.29 is 0 Å². The molecule has 0 aliphatic heterocycles. The Morgan fingerprint density at radius 2 is 2.57 bits per heavy atom. The number of hydrogen-bond donors (Lipinski definition) is 0. The number of rotatable bonds is 0. The summed E-state index contributed by atoms with van der Waals surface area (Å²) in [4.78, 5) is 0. The Morgan fingerprint density at radius 1 is 1.71 bits per heavy atom. The fourth-order valence-electron chi connectivity index (χ4n) is 0.524. The van der Waals surface area contributed by atoms with Crippen molar-refractivity contribution in [3.8, 4) is 0 Å². The zero-order valence-corrected chi connectivity index (χ0v) is 4.31. The van der Waals surface area contributed by atoms with E-state index in [1.165, 1.54) is 5.22 Å². The first-order valence-electron chi connectivity index (χ1n) is 2.36. The molecule has 1 rings (SSSR count). The van der Waals surface area contributed by atoms with Crippen LogP contribution in [0.5, 0.6) is 0 Å². The van der Waals surface area contributed by atoms with E-state index in [9.17, 15) is 0 Å². The SMILES string of the molecule is C/C=c1/[c+]ccc1. The summed E-state index contributed by atoms with van der Waals surface area (Å²) in [7, 11) is 0. The number of hydrogen-bond acceptors (Lipinski definition) is 0. The van der Waals surface area contributed by atoms with Crippen LogP contribution in [-0.2, 0) is 0 Å². The van der Waals surface area contributed by atoms with Crippen LogP contribution < -0.4 is 5.22 Å². The van der Waals surface area contributed by atoms with Crippen molar-refractivity contribution >= 4 is 6.08 Å². The predicted octanol–water partition coefficient (Wildman–Crippen LogP) is 1.01. The molecular formula is C7H7+. The lowest BCUT2D eigenvalue weighted by molar-refractivity contribution is 1.72. The van der Waals surface area contributed by atoms with Gasteiger partial charge in [0.25, 0.3) is 0 Å². The van der Waals surface area contributed by atoms with Gasteiger partial charge in [0.1, 0.15) is 0 Å². The highest BCUT2D eigenvalue weighted by Gasteiger charge is 1.82. The zero-order valence-electron chi connectivity index (χ0n) is 4.31. The van der Waals surface area contributed by atoms with Gasteiger partial charge in [0, 0.05) is 12.1 Å². The average Bonchev–Trinajstić information content (AvgIpc) is 2.14. The Morgan fingerprint density at radius 3 is 2.86 bits per heavy atom. The Kier molecular flexibility index (Phi) is 1.06. The maximum absolute atomic E-state index is 3.03. The van der Waals surface area contributed by atoms with E-state index in [0.717, 1.165) is 0 Å². The summed E-state index contributed by atoms with van der Waals surface area (Å²) in [5, 5.41) is 1.18. The van der Waals surface area contributed by atoms with Crippen LogP contribution in [0, 0.1) is 6.07 Å². The molecule has 0 amide bonds. The Hall–Kier alpha value is -0.870. The second-order valence-corrected chi connectivity index (χ2v) is 1.41. The summed E-state index contributed by atoms with van der Waals surface area (Å²) in [6.45, 7) is 2.01. The van der Waals surface area contributed by atoms with Crippen LogP contribution in [0.15, 0.2) is 18.2 Å². The molecule has 0 aliphatic rings. The minimum absolute atomic E-state index is 1.18. The highest BCUT2D eigenvalue weighted by atomic mass is 13.8. The van der Waals surface area contributed by atoms with Gasteiger partial charge in [-0.3, -0.25) is 0 Å². The standard InChI is InChI=1S/C7H7/c1-2-7-5-3-4-6-7/h2-5H,1H3/q+1/b7-2+. The van der Waals surface area contributed by atoms with E-state index in [-0.39, 0.29) is 0 Å². The zero-order chi connectivity index (χ0) is 5.11. The molecule has 1 aromatic carbocycles. The molecule has 7 heavy (non-hydrogen) atoms. The minimum atomic E-state index is 1.18. The van der Waals surface area contributed by atoms with Crippen LogP contribution in [0.25, 0.3) is 6.08 Å². The van der Waals surface area contributed by atoms with Gasteiger partial charge in [-0.25, -0.2) is 0 Å². The van der Waals surface area contributed by atoms with Gasteiger partial charge < -0.3 is 0 Å². The van der Waals surface area contributed by atoms with E-state index in [2.05, 4.69) is 6.07 Å². The topological polar surface area (TPSA) is 0 Å². The van der Waals surface area contributed by atoms with Gasteiger partial charge in [-0.05, 0) is 6.92 Å². The lowest BCUT2D eigenvalue weighted by Gasteiger charge is -1.50. The fourth-order valence-corrected chi connectivity index (χ4v) is 0.524. The molecular weight excluding hydrogens is 84.1 g/mol. The lowest BCUT2D eigenvalue weighted by Crippen LogP contribution is -1.88. The van der Waals surface area contributed by atoms with Gasteiger partial charge in [0.05, 0.1) is 18.2 Å². The molecule has 0 nitrogen and oxygen atoms in total. The maximum atomic E-state index is 3.03. The first-order valence-corrected chi connectivity index (χ1v) is 2.36. The smallest absolute Gasteiger partial charge is 0.0103 e. The summed E-state index contributed by atoms with van der Waals surface area (Å²) in [6.07, 6.45) is 2.03. The van der Waals surface area contributed by atoms with E-state index < -0.39 is 0 Å². The molecule has 0 bridgehead atoms. The lowest BCUT2D eigenvalue weighted by atomic mass is 10.4. The molecule has 0 unspecified atom stereocenters. The van der Waals surface area contributed by atoms with Crippen LogP contribution in [0.1, 0.15) is 6.92 Å². The maximum Gasteiger partial charge on any atom is 0.152 e. The van der Waals surface area contributed by atoms with Crippen molar-refractivity contribution in [2.75, 3.05) is 0 Å². The summed E-state index contributed by atoms with van der Waals surface area (Å²) in [5.41, 5.74) is 0. The van der Waals surface area contributed by atoms with Gasteiger partial charge in [0.2, 0.25) is 0 Å². The Labute approximate surface area is 43.5 Å². The van der Waals surface area contributed by atoms with Crippen molar-refractivity contribution in [2.45, 2.75) is 6.92 Å². The van der Waals surface area contributed by atoms with Crippen LogP contribution in [0.4, 0.5) is 0 Å². The summed E-state index contributed by atoms with van der Waals surface area (Å²) in [6, 6.07) is 8.95. The van der Waals surface area contributed by atoms with Crippen molar-refractivity contribution in [3.63, 3.8) is 0 Å². The molecule has 0 atom stereocenters. The monoisotopic (exact) mass is 91.1 g/mol. The Balaban J connectivity index is 3.22. The van der Waals surface area contributed by atoms with Crippen LogP contribution in [0.2, 0.25) is 0 Å². The van der Waals surface area contributed by atoms with E-state index in [1.807, 2.05) is 31.2 Å². The van der Waals surface area contributed by atoms with Gasteiger partial charge in [-0.15, -0.1) is 0 Å². The fraction of sp³-hybridized carbons (Fsp3) is 0.143. The first-order chi connectivity index (χ1) is 3.43. The van der Waals surface area contributed by atoms with E-state index in [0.29, 0.717) is 0 Å². The molecule has 1 aromatic rings. The molecule has 0 fully saturated rings. The van der Waals surface area contributed by atoms with Gasteiger partial charge >= 0.3 is 0 Å². The van der Waals surface area contributed by atoms with E-state index >= 15 is 0 Å². The van der Waals surface area contributed by atoms with Crippen molar-refractivity contribution in [2.24, 2.45) is 0 Å². The molecule has 0 N–H and O–H groups in total. The summed E-state index contributed by atoms with van der Waals surface area (Å²) in [5.74, 6) is 0. The molecule has 0 heteroatoms. The largest absolute Gasteiger partial charge is 0.152 e. The molecule has 0 spiro atoms. The van der Waals surface area contributed by atoms with E-state index in [1.54, 1.807) is 0 Å². The van der Waals surface area contributed by atoms with Gasteiger partial charge in [-0.1, -0.05) is 0 Å². The van der Waals surface area contributed by atoms with E-state index in [4.69, 9.17) is 0 Å². The highest BCUT2D eigenvalue weighted by Crippen LogP contribution is 1.72. The molecule has 0 aromatic heterocycles. The first kappa shape index (κ1) is 4.29. The highest BCUT2D eigenvalue weighted by molar-refractivity contribution is 5.19. The Bertz CT molecular complexity index is 159. The molecule has 34 valence electrons. The van der Waals surface area contributed by atoms with Crippen LogP contribution in [-0.4, -0.2) is 0 Å². The van der Waals surface area contributed by atoms with Crippen molar-refractivity contribution in [3.05, 3.63) is 29.5 Å². The van der Waals surface area contributed by atoms with Gasteiger partial charge in [-0.2, -0.15) is 0 Å². The molecule has 0 radical (unpaired) electrons. The van der Waals surface area contributed by atoms with Crippen LogP contribution >= 0.6 is 0 Å². The third-order valence-electron chi connectivity index (χ3n) is 0.933. The van der Waals surface area contributed by atoms with Crippen LogP contribution in [0.3, 0.4) is 0 Å².